The van der Waals surface area contributed by atoms with Crippen LogP contribution in [-0.4, -0.2) is 58.3 Å². The Kier molecular flexibility index (Phi) is 5.12. The molecule has 1 aromatic heterocycles. The lowest BCUT2D eigenvalue weighted by Gasteiger charge is -2.34. The molecular formula is C21H25FN4O3. The van der Waals surface area contributed by atoms with Crippen molar-refractivity contribution in [3.05, 3.63) is 53.1 Å². The lowest BCUT2D eigenvalue weighted by molar-refractivity contribution is -0.131. The molecule has 29 heavy (non-hydrogen) atoms. The van der Waals surface area contributed by atoms with E-state index < -0.39 is 11.5 Å². The summed E-state index contributed by atoms with van der Waals surface area (Å²) in [5.74, 6) is -0.997. The van der Waals surface area contributed by atoms with E-state index >= 15 is 0 Å². The number of halogens is 1. The first-order valence-electron chi connectivity index (χ1n) is 9.80. The maximum atomic E-state index is 14.6. The molecule has 2 atom stereocenters. The van der Waals surface area contributed by atoms with Crippen LogP contribution in [-0.2, 0) is 20.9 Å². The number of aryl methyl sites for hydroxylation is 2. The second-order valence-corrected chi connectivity index (χ2v) is 7.94. The van der Waals surface area contributed by atoms with Gasteiger partial charge in [0, 0.05) is 31.1 Å². The van der Waals surface area contributed by atoms with Gasteiger partial charge in [0.05, 0.1) is 24.4 Å². The molecule has 2 aliphatic rings. The molecule has 4 rings (SSSR count). The Labute approximate surface area is 168 Å². The van der Waals surface area contributed by atoms with E-state index in [9.17, 15) is 14.0 Å². The van der Waals surface area contributed by atoms with E-state index in [0.717, 1.165) is 11.4 Å². The minimum Gasteiger partial charge on any atom is -0.378 e. The number of nitrogens with zero attached hydrogens (tertiary/aromatic N) is 3. The Bertz CT molecular complexity index is 944. The van der Waals surface area contributed by atoms with Gasteiger partial charge < -0.3 is 15.0 Å². The molecule has 1 N–H and O–H groups in total. The highest BCUT2D eigenvalue weighted by atomic mass is 19.1. The Morgan fingerprint density at radius 2 is 2.17 bits per heavy atom. The first-order chi connectivity index (χ1) is 13.9. The fourth-order valence-corrected chi connectivity index (χ4v) is 4.39. The third kappa shape index (κ3) is 3.76. The minimum absolute atomic E-state index is 0.106. The summed E-state index contributed by atoms with van der Waals surface area (Å²) in [6.45, 7) is 5.03. The van der Waals surface area contributed by atoms with E-state index in [2.05, 4.69) is 10.4 Å². The Hall–Kier alpha value is -2.74. The zero-order valence-corrected chi connectivity index (χ0v) is 16.7. The van der Waals surface area contributed by atoms with Crippen LogP contribution in [0.4, 0.5) is 4.39 Å². The van der Waals surface area contributed by atoms with Crippen LogP contribution in [0.3, 0.4) is 0 Å². The highest BCUT2D eigenvalue weighted by Gasteiger charge is 2.51. The number of likely N-dealkylation sites (tertiary alicyclic amines) is 1. The molecular weight excluding hydrogens is 375 g/mol. The molecule has 2 saturated heterocycles. The van der Waals surface area contributed by atoms with Crippen molar-refractivity contribution in [2.45, 2.75) is 38.3 Å². The number of ether oxygens (including phenoxy) is 1. The molecule has 0 aliphatic carbocycles. The molecule has 0 unspecified atom stereocenters. The van der Waals surface area contributed by atoms with Gasteiger partial charge in [0.1, 0.15) is 12.4 Å². The van der Waals surface area contributed by atoms with Gasteiger partial charge in [-0.3, -0.25) is 14.3 Å². The number of hydrogen-bond acceptors (Lipinski definition) is 4. The van der Waals surface area contributed by atoms with Crippen molar-refractivity contribution in [3.63, 3.8) is 0 Å². The number of hydrogen-bond donors (Lipinski definition) is 1. The Morgan fingerprint density at radius 3 is 2.90 bits per heavy atom. The van der Waals surface area contributed by atoms with Crippen LogP contribution in [0.1, 0.15) is 29.3 Å². The van der Waals surface area contributed by atoms with Gasteiger partial charge in [-0.15, -0.1) is 0 Å². The van der Waals surface area contributed by atoms with Crippen molar-refractivity contribution in [1.82, 2.24) is 20.0 Å². The predicted octanol–water partition coefficient (Wildman–Crippen LogP) is 1.54. The van der Waals surface area contributed by atoms with E-state index in [0.29, 0.717) is 18.7 Å². The summed E-state index contributed by atoms with van der Waals surface area (Å²) in [6, 6.07) is 8.44. The molecule has 2 aliphatic heterocycles. The average molecular weight is 400 g/mol. The number of carbonyl (C=O) groups excluding carboxylic acids is 2. The van der Waals surface area contributed by atoms with Crippen molar-refractivity contribution in [3.8, 4) is 0 Å². The van der Waals surface area contributed by atoms with Gasteiger partial charge in [-0.2, -0.15) is 5.10 Å². The topological polar surface area (TPSA) is 76.5 Å². The number of aromatic nitrogens is 2. The monoisotopic (exact) mass is 400 g/mol. The third-order valence-corrected chi connectivity index (χ3v) is 5.79. The van der Waals surface area contributed by atoms with Crippen molar-refractivity contribution in [1.29, 1.82) is 0 Å². The predicted molar refractivity (Wildman–Crippen MR) is 104 cm³/mol. The zero-order valence-electron chi connectivity index (χ0n) is 16.7. The van der Waals surface area contributed by atoms with Crippen molar-refractivity contribution in [2.75, 3.05) is 26.3 Å². The lowest BCUT2D eigenvalue weighted by atomic mass is 9.82. The standard InChI is InChI=1S/C21H25FN4O3/c1-14-9-15(2)26(24-14)11-20(28)25-10-17(16-5-3-4-6-18(16)22)21(12-25)13-29-8-7-19(27)23-21/h3-6,9,17H,7-8,10-13H2,1-2H3,(H,23,27)/t17-,21-/m0/s1. The smallest absolute Gasteiger partial charge is 0.244 e. The number of rotatable bonds is 3. The molecule has 0 radical (unpaired) electrons. The van der Waals surface area contributed by atoms with Crippen LogP contribution in [0.5, 0.6) is 0 Å². The maximum Gasteiger partial charge on any atom is 0.244 e. The molecule has 1 spiro atoms. The molecule has 2 amide bonds. The molecule has 1 aromatic carbocycles. The van der Waals surface area contributed by atoms with E-state index in [1.807, 2.05) is 19.9 Å². The summed E-state index contributed by atoms with van der Waals surface area (Å²) in [5.41, 5.74) is 1.39. The maximum absolute atomic E-state index is 14.6. The summed E-state index contributed by atoms with van der Waals surface area (Å²) in [7, 11) is 0. The van der Waals surface area contributed by atoms with Crippen LogP contribution in [0.2, 0.25) is 0 Å². The lowest BCUT2D eigenvalue weighted by Crippen LogP contribution is -2.56. The van der Waals surface area contributed by atoms with Gasteiger partial charge in [-0.1, -0.05) is 18.2 Å². The summed E-state index contributed by atoms with van der Waals surface area (Å²) in [4.78, 5) is 27.1. The van der Waals surface area contributed by atoms with E-state index in [1.165, 1.54) is 6.07 Å². The van der Waals surface area contributed by atoms with Crippen LogP contribution >= 0.6 is 0 Å². The van der Waals surface area contributed by atoms with Gasteiger partial charge in [0.2, 0.25) is 11.8 Å². The molecule has 154 valence electrons. The minimum atomic E-state index is -0.847. The van der Waals surface area contributed by atoms with Gasteiger partial charge >= 0.3 is 0 Å². The van der Waals surface area contributed by atoms with Gasteiger partial charge in [0.25, 0.3) is 0 Å². The van der Waals surface area contributed by atoms with Crippen LogP contribution < -0.4 is 5.32 Å². The third-order valence-electron chi connectivity index (χ3n) is 5.79. The van der Waals surface area contributed by atoms with Crippen molar-refractivity contribution in [2.24, 2.45) is 0 Å². The normalized spacial score (nSPS) is 24.6. The van der Waals surface area contributed by atoms with Crippen LogP contribution in [0.15, 0.2) is 30.3 Å². The quantitative estimate of drug-likeness (QED) is 0.848. The second-order valence-electron chi connectivity index (χ2n) is 7.94. The molecule has 0 bridgehead atoms. The Morgan fingerprint density at radius 1 is 1.38 bits per heavy atom. The fraction of sp³-hybridized carbons (Fsp3) is 0.476. The van der Waals surface area contributed by atoms with Crippen LogP contribution in [0, 0.1) is 19.7 Å². The van der Waals surface area contributed by atoms with Crippen molar-refractivity contribution < 1.29 is 18.7 Å². The Balaban J connectivity index is 1.64. The fourth-order valence-electron chi connectivity index (χ4n) is 4.39. The van der Waals surface area contributed by atoms with Gasteiger partial charge in [0.15, 0.2) is 0 Å². The molecule has 2 aromatic rings. The van der Waals surface area contributed by atoms with Gasteiger partial charge in [-0.05, 0) is 31.5 Å². The highest BCUT2D eigenvalue weighted by molar-refractivity contribution is 5.79. The number of nitrogens with one attached hydrogen (secondary N) is 1. The SMILES string of the molecule is Cc1cc(C)n(CC(=O)N2C[C@@H](c3ccccc3F)[C@@]3(COCCC(=O)N3)C2)n1. The first-order valence-corrected chi connectivity index (χ1v) is 9.80. The molecule has 2 fully saturated rings. The van der Waals surface area contributed by atoms with E-state index in [4.69, 9.17) is 4.74 Å². The largest absolute Gasteiger partial charge is 0.378 e. The van der Waals surface area contributed by atoms with Crippen LogP contribution in [0.25, 0.3) is 0 Å². The second kappa shape index (κ2) is 7.59. The summed E-state index contributed by atoms with van der Waals surface area (Å²) < 4.78 is 22.0. The highest BCUT2D eigenvalue weighted by Crippen LogP contribution is 2.38. The zero-order chi connectivity index (χ0) is 20.6. The summed E-state index contributed by atoms with van der Waals surface area (Å²) >= 11 is 0. The molecule has 0 saturated carbocycles. The summed E-state index contributed by atoms with van der Waals surface area (Å²) in [5, 5.41) is 7.41. The summed E-state index contributed by atoms with van der Waals surface area (Å²) in [6.07, 6.45) is 0.255. The number of amides is 2. The molecule has 7 nitrogen and oxygen atoms in total. The van der Waals surface area contributed by atoms with Gasteiger partial charge in [-0.25, -0.2) is 4.39 Å². The van der Waals surface area contributed by atoms with Crippen molar-refractivity contribution >= 4 is 11.8 Å². The average Bonchev–Trinajstić information content (AvgIpc) is 3.11. The number of benzene rings is 1. The van der Waals surface area contributed by atoms with E-state index in [-0.39, 0.29) is 43.7 Å². The molecule has 8 heteroatoms. The molecule has 3 heterocycles. The first kappa shape index (κ1) is 19.6. The van der Waals surface area contributed by atoms with E-state index in [1.54, 1.807) is 27.8 Å². The number of carbonyl (C=O) groups is 2.